The summed E-state index contributed by atoms with van der Waals surface area (Å²) in [6, 6.07) is 15.5. The van der Waals surface area contributed by atoms with Gasteiger partial charge >= 0.3 is 0 Å². The van der Waals surface area contributed by atoms with Crippen molar-refractivity contribution in [3.05, 3.63) is 68.1 Å². The topological polar surface area (TPSA) is 62.1 Å². The lowest BCUT2D eigenvalue weighted by atomic mass is 10.1. The van der Waals surface area contributed by atoms with Crippen molar-refractivity contribution in [1.29, 1.82) is 5.26 Å². The van der Waals surface area contributed by atoms with Gasteiger partial charge in [0.25, 0.3) is 5.91 Å². The second-order valence-corrected chi connectivity index (χ2v) is 7.53. The van der Waals surface area contributed by atoms with Gasteiger partial charge in [-0.3, -0.25) is 4.79 Å². The summed E-state index contributed by atoms with van der Waals surface area (Å²) in [4.78, 5) is 12.3. The molecule has 0 aliphatic rings. The van der Waals surface area contributed by atoms with Crippen molar-refractivity contribution >= 4 is 43.8 Å². The highest BCUT2D eigenvalue weighted by Crippen LogP contribution is 2.35. The number of amides is 1. The SMILES string of the molecule is C#CCOc1c(Br)cc(/C=C(/C#N)C(=O)NCCCc2ccccc2)cc1Br. The van der Waals surface area contributed by atoms with Gasteiger partial charge in [-0.05, 0) is 74.0 Å². The average Bonchev–Trinajstić information content (AvgIpc) is 2.69. The van der Waals surface area contributed by atoms with Crippen LogP contribution in [0.3, 0.4) is 0 Å². The molecule has 0 fully saturated rings. The zero-order valence-corrected chi connectivity index (χ0v) is 18.2. The zero-order chi connectivity index (χ0) is 20.4. The molecule has 2 aromatic carbocycles. The molecule has 0 spiro atoms. The molecule has 6 heteroatoms. The van der Waals surface area contributed by atoms with Crippen LogP contribution in [0.25, 0.3) is 6.08 Å². The number of ether oxygens (including phenoxy) is 1. The van der Waals surface area contributed by atoms with Crippen molar-refractivity contribution < 1.29 is 9.53 Å². The van der Waals surface area contributed by atoms with Crippen LogP contribution in [0.15, 0.2) is 57.0 Å². The zero-order valence-electron chi connectivity index (χ0n) is 15.0. The van der Waals surface area contributed by atoms with Gasteiger partial charge in [0.2, 0.25) is 0 Å². The molecule has 1 N–H and O–H groups in total. The maximum atomic E-state index is 12.3. The Labute approximate surface area is 181 Å². The lowest BCUT2D eigenvalue weighted by Crippen LogP contribution is -2.25. The van der Waals surface area contributed by atoms with Crippen molar-refractivity contribution in [3.8, 4) is 24.2 Å². The highest BCUT2D eigenvalue weighted by molar-refractivity contribution is 9.11. The second-order valence-electron chi connectivity index (χ2n) is 5.82. The Bertz CT molecular complexity index is 918. The van der Waals surface area contributed by atoms with E-state index >= 15 is 0 Å². The molecule has 0 saturated heterocycles. The van der Waals surface area contributed by atoms with Crippen molar-refractivity contribution in [1.82, 2.24) is 5.32 Å². The van der Waals surface area contributed by atoms with E-state index in [2.05, 4.69) is 55.2 Å². The molecule has 1 amide bonds. The first-order valence-corrected chi connectivity index (χ1v) is 10.1. The van der Waals surface area contributed by atoms with Crippen LogP contribution in [0, 0.1) is 23.7 Å². The number of benzene rings is 2. The Morgan fingerprint density at radius 1 is 1.21 bits per heavy atom. The van der Waals surface area contributed by atoms with E-state index in [1.165, 1.54) is 11.6 Å². The molecule has 0 atom stereocenters. The molecule has 2 aromatic rings. The molecule has 0 bridgehead atoms. The van der Waals surface area contributed by atoms with Gasteiger partial charge in [0, 0.05) is 6.54 Å². The fourth-order valence-corrected chi connectivity index (χ4v) is 3.91. The summed E-state index contributed by atoms with van der Waals surface area (Å²) in [7, 11) is 0. The smallest absolute Gasteiger partial charge is 0.261 e. The summed E-state index contributed by atoms with van der Waals surface area (Å²) in [6.07, 6.45) is 8.41. The van der Waals surface area contributed by atoms with Crippen molar-refractivity contribution in [2.24, 2.45) is 0 Å². The van der Waals surface area contributed by atoms with E-state index in [1.54, 1.807) is 12.1 Å². The van der Waals surface area contributed by atoms with Crippen LogP contribution in [-0.2, 0) is 11.2 Å². The number of carbonyl (C=O) groups excluding carboxylic acids is 1. The first kappa shape index (κ1) is 21.8. The molecular formula is C22H18Br2N2O2. The van der Waals surface area contributed by atoms with E-state index in [0.29, 0.717) is 26.8 Å². The van der Waals surface area contributed by atoms with Crippen LogP contribution in [0.5, 0.6) is 5.75 Å². The Morgan fingerprint density at radius 2 is 1.89 bits per heavy atom. The van der Waals surface area contributed by atoms with Crippen LogP contribution in [-0.4, -0.2) is 19.1 Å². The maximum Gasteiger partial charge on any atom is 0.261 e. The summed E-state index contributed by atoms with van der Waals surface area (Å²) >= 11 is 6.83. The average molecular weight is 502 g/mol. The predicted octanol–water partition coefficient (Wildman–Crippen LogP) is 4.88. The minimum absolute atomic E-state index is 0.0378. The predicted molar refractivity (Wildman–Crippen MR) is 118 cm³/mol. The van der Waals surface area contributed by atoms with Crippen LogP contribution >= 0.6 is 31.9 Å². The van der Waals surface area contributed by atoms with Gasteiger partial charge in [-0.15, -0.1) is 6.42 Å². The van der Waals surface area contributed by atoms with Crippen molar-refractivity contribution in [2.75, 3.05) is 13.2 Å². The number of halogens is 2. The molecule has 0 radical (unpaired) electrons. The number of hydrogen-bond donors (Lipinski definition) is 1. The molecule has 0 aliphatic heterocycles. The molecule has 0 unspecified atom stereocenters. The maximum absolute atomic E-state index is 12.3. The van der Waals surface area contributed by atoms with E-state index in [-0.39, 0.29) is 12.2 Å². The Balaban J connectivity index is 1.99. The number of rotatable bonds is 8. The summed E-state index contributed by atoms with van der Waals surface area (Å²) in [5.74, 6) is 2.58. The van der Waals surface area contributed by atoms with Crippen molar-refractivity contribution in [2.45, 2.75) is 12.8 Å². The van der Waals surface area contributed by atoms with E-state index in [1.807, 2.05) is 24.3 Å². The van der Waals surface area contributed by atoms with Crippen LogP contribution in [0.4, 0.5) is 0 Å². The van der Waals surface area contributed by atoms with Gasteiger partial charge < -0.3 is 10.1 Å². The van der Waals surface area contributed by atoms with Crippen molar-refractivity contribution in [3.63, 3.8) is 0 Å². The third kappa shape index (κ3) is 6.56. The molecule has 0 saturated carbocycles. The summed E-state index contributed by atoms with van der Waals surface area (Å²) in [5.41, 5.74) is 1.94. The van der Waals surface area contributed by atoms with Gasteiger partial charge in [-0.25, -0.2) is 0 Å². The number of nitrogens with one attached hydrogen (secondary N) is 1. The standard InChI is InChI=1S/C22H18Br2N2O2/c1-2-11-28-21-19(23)13-17(14-20(21)24)12-18(15-25)22(27)26-10-6-9-16-7-4-3-5-8-16/h1,3-5,7-8,12-14H,6,9-11H2,(H,26,27)/b18-12-. The van der Waals surface area contributed by atoms with E-state index in [9.17, 15) is 10.1 Å². The van der Waals surface area contributed by atoms with Crippen LogP contribution in [0.2, 0.25) is 0 Å². The van der Waals surface area contributed by atoms with Gasteiger partial charge in [-0.2, -0.15) is 5.26 Å². The number of terminal acetylenes is 1. The Morgan fingerprint density at radius 3 is 2.50 bits per heavy atom. The highest BCUT2D eigenvalue weighted by Gasteiger charge is 2.12. The molecular weight excluding hydrogens is 484 g/mol. The fraction of sp³-hybridized carbons (Fsp3) is 0.182. The Hall–Kier alpha value is -2.54. The van der Waals surface area contributed by atoms with E-state index < -0.39 is 5.91 Å². The number of nitriles is 1. The van der Waals surface area contributed by atoms with Gasteiger partial charge in [0.05, 0.1) is 8.95 Å². The lowest BCUT2D eigenvalue weighted by molar-refractivity contribution is -0.117. The minimum atomic E-state index is -0.393. The third-order valence-corrected chi connectivity index (χ3v) is 4.95. The lowest BCUT2D eigenvalue weighted by Gasteiger charge is -2.09. The Kier molecular flexibility index (Phi) is 8.81. The normalized spacial score (nSPS) is 10.6. The first-order valence-electron chi connectivity index (χ1n) is 8.54. The fourth-order valence-electron chi connectivity index (χ4n) is 2.46. The van der Waals surface area contributed by atoms with E-state index in [4.69, 9.17) is 11.2 Å². The van der Waals surface area contributed by atoms with Gasteiger partial charge in [0.15, 0.2) is 0 Å². The van der Waals surface area contributed by atoms with Crippen LogP contribution in [0.1, 0.15) is 17.5 Å². The minimum Gasteiger partial charge on any atom is -0.479 e. The van der Waals surface area contributed by atoms with Gasteiger partial charge in [-0.1, -0.05) is 36.3 Å². The second kappa shape index (κ2) is 11.3. The molecule has 28 heavy (non-hydrogen) atoms. The molecule has 4 nitrogen and oxygen atoms in total. The molecule has 0 aromatic heterocycles. The number of aryl methyl sites for hydroxylation is 1. The molecule has 2 rings (SSSR count). The third-order valence-electron chi connectivity index (χ3n) is 3.77. The number of nitrogens with zero attached hydrogens (tertiary/aromatic N) is 1. The summed E-state index contributed by atoms with van der Waals surface area (Å²) in [6.45, 7) is 0.639. The first-order chi connectivity index (χ1) is 13.5. The van der Waals surface area contributed by atoms with E-state index in [0.717, 1.165) is 12.8 Å². The number of carbonyl (C=O) groups is 1. The largest absolute Gasteiger partial charge is 0.479 e. The molecule has 142 valence electrons. The van der Waals surface area contributed by atoms with Crippen LogP contribution < -0.4 is 10.1 Å². The summed E-state index contributed by atoms with van der Waals surface area (Å²) < 4.78 is 6.80. The number of hydrogen-bond acceptors (Lipinski definition) is 3. The van der Waals surface area contributed by atoms with Gasteiger partial charge in [0.1, 0.15) is 24.0 Å². The summed E-state index contributed by atoms with van der Waals surface area (Å²) in [5, 5.41) is 12.1. The molecule has 0 heterocycles. The quantitative estimate of drug-likeness (QED) is 0.242. The monoisotopic (exact) mass is 500 g/mol. The molecule has 0 aliphatic carbocycles. The highest BCUT2D eigenvalue weighted by atomic mass is 79.9.